The molecule has 0 radical (unpaired) electrons. The molecule has 1 N–H and O–H groups in total. The highest BCUT2D eigenvalue weighted by Gasteiger charge is 2.42. The number of carbonyl (C=O) groups is 2. The van der Waals surface area contributed by atoms with Gasteiger partial charge in [-0.3, -0.25) is 9.59 Å². The third-order valence-corrected chi connectivity index (χ3v) is 4.15. The number of carbonyl (C=O) groups excluding carboxylic acids is 2. The number of hydrogen-bond donors (Lipinski definition) is 1. The molecule has 1 aromatic rings. The third kappa shape index (κ3) is 3.61. The van der Waals surface area contributed by atoms with Crippen molar-refractivity contribution in [1.29, 1.82) is 0 Å². The number of benzene rings is 1. The van der Waals surface area contributed by atoms with E-state index in [1.54, 1.807) is 25.3 Å². The molecule has 1 atom stereocenters. The number of ketones is 1. The smallest absolute Gasteiger partial charge is 0.290 e. The van der Waals surface area contributed by atoms with E-state index in [0.29, 0.717) is 36.6 Å². The Morgan fingerprint density at radius 3 is 2.44 bits per heavy atom. The largest absolute Gasteiger partial charge is 0.503 e. The predicted molar refractivity (Wildman–Crippen MR) is 90.8 cm³/mol. The number of hydrogen-bond acceptors (Lipinski definition) is 6. The van der Waals surface area contributed by atoms with Crippen molar-refractivity contribution in [3.05, 3.63) is 35.1 Å². The normalized spacial score (nSPS) is 17.2. The van der Waals surface area contributed by atoms with Crippen LogP contribution in [-0.4, -0.2) is 56.2 Å². The molecular weight excluding hydrogens is 326 g/mol. The van der Waals surface area contributed by atoms with Gasteiger partial charge in [-0.05, 0) is 31.0 Å². The Hall–Kier alpha value is -2.54. The van der Waals surface area contributed by atoms with Crippen molar-refractivity contribution in [2.75, 3.05) is 34.5 Å². The molecule has 1 amide bonds. The Morgan fingerprint density at radius 2 is 1.88 bits per heavy atom. The summed E-state index contributed by atoms with van der Waals surface area (Å²) in [6.07, 6.45) is 0.588. The van der Waals surface area contributed by atoms with Crippen molar-refractivity contribution in [3.63, 3.8) is 0 Å². The van der Waals surface area contributed by atoms with Crippen LogP contribution in [0.2, 0.25) is 0 Å². The number of methoxy groups -OCH3 is 3. The van der Waals surface area contributed by atoms with Gasteiger partial charge in [0.2, 0.25) is 0 Å². The fourth-order valence-corrected chi connectivity index (χ4v) is 2.99. The lowest BCUT2D eigenvalue weighted by Gasteiger charge is -2.27. The van der Waals surface area contributed by atoms with Crippen LogP contribution in [0.4, 0.5) is 0 Å². The van der Waals surface area contributed by atoms with Gasteiger partial charge in [-0.1, -0.05) is 6.07 Å². The first kappa shape index (κ1) is 18.8. The van der Waals surface area contributed by atoms with Crippen molar-refractivity contribution in [3.8, 4) is 11.5 Å². The van der Waals surface area contributed by atoms with Gasteiger partial charge in [0, 0.05) is 20.3 Å². The molecule has 136 valence electrons. The summed E-state index contributed by atoms with van der Waals surface area (Å²) in [6, 6.07) is 4.51. The summed E-state index contributed by atoms with van der Waals surface area (Å²) in [5.41, 5.74) is 0.757. The molecule has 7 nitrogen and oxygen atoms in total. The van der Waals surface area contributed by atoms with Gasteiger partial charge in [0.25, 0.3) is 5.91 Å². The molecule has 1 aliphatic rings. The van der Waals surface area contributed by atoms with Crippen LogP contribution < -0.4 is 9.47 Å². The van der Waals surface area contributed by atoms with Crippen molar-refractivity contribution in [1.82, 2.24) is 4.90 Å². The zero-order chi connectivity index (χ0) is 18.6. The van der Waals surface area contributed by atoms with Gasteiger partial charge in [-0.15, -0.1) is 0 Å². The van der Waals surface area contributed by atoms with E-state index in [4.69, 9.17) is 14.2 Å². The molecule has 0 spiro atoms. The zero-order valence-corrected chi connectivity index (χ0v) is 14.9. The lowest BCUT2D eigenvalue weighted by molar-refractivity contribution is -0.129. The number of amides is 1. The molecule has 1 aliphatic heterocycles. The van der Waals surface area contributed by atoms with Crippen LogP contribution in [-0.2, 0) is 14.3 Å². The predicted octanol–water partition coefficient (Wildman–Crippen LogP) is 2.02. The van der Waals surface area contributed by atoms with E-state index < -0.39 is 17.7 Å². The maximum absolute atomic E-state index is 12.4. The van der Waals surface area contributed by atoms with E-state index in [-0.39, 0.29) is 11.4 Å². The summed E-state index contributed by atoms with van der Waals surface area (Å²) in [6.45, 7) is 2.16. The highest BCUT2D eigenvalue weighted by atomic mass is 16.5. The Balaban J connectivity index is 2.47. The minimum atomic E-state index is -0.665. The summed E-state index contributed by atoms with van der Waals surface area (Å²) < 4.78 is 15.6. The molecule has 25 heavy (non-hydrogen) atoms. The van der Waals surface area contributed by atoms with Crippen LogP contribution in [0.1, 0.15) is 24.9 Å². The maximum atomic E-state index is 12.4. The van der Waals surface area contributed by atoms with E-state index in [9.17, 15) is 14.7 Å². The lowest BCUT2D eigenvalue weighted by Crippen LogP contribution is -2.32. The summed E-state index contributed by atoms with van der Waals surface area (Å²) in [5.74, 6) is -0.372. The van der Waals surface area contributed by atoms with Crippen molar-refractivity contribution < 1.29 is 28.9 Å². The van der Waals surface area contributed by atoms with Crippen molar-refractivity contribution in [2.24, 2.45) is 0 Å². The van der Waals surface area contributed by atoms with Crippen molar-refractivity contribution in [2.45, 2.75) is 19.4 Å². The molecule has 2 rings (SSSR count). The number of Topliss-reactive ketones (excluding diaryl/α,β-unsaturated/α-hetero) is 1. The number of ether oxygens (including phenoxy) is 3. The van der Waals surface area contributed by atoms with Gasteiger partial charge in [-0.25, -0.2) is 0 Å². The van der Waals surface area contributed by atoms with Crippen molar-refractivity contribution >= 4 is 11.7 Å². The molecule has 0 aliphatic carbocycles. The van der Waals surface area contributed by atoms with Gasteiger partial charge >= 0.3 is 0 Å². The average Bonchev–Trinajstić information content (AvgIpc) is 2.86. The minimum Gasteiger partial charge on any atom is -0.503 e. The maximum Gasteiger partial charge on any atom is 0.290 e. The number of aliphatic hydroxyl groups is 1. The number of nitrogens with zero attached hydrogens (tertiary/aromatic N) is 1. The van der Waals surface area contributed by atoms with Gasteiger partial charge in [-0.2, -0.15) is 0 Å². The van der Waals surface area contributed by atoms with E-state index in [0.717, 1.165) is 0 Å². The first-order valence-electron chi connectivity index (χ1n) is 7.92. The number of rotatable bonds is 8. The molecule has 1 aromatic carbocycles. The highest BCUT2D eigenvalue weighted by Crippen LogP contribution is 2.40. The second-order valence-corrected chi connectivity index (χ2v) is 5.68. The molecule has 0 fully saturated rings. The summed E-state index contributed by atoms with van der Waals surface area (Å²) in [4.78, 5) is 26.0. The molecule has 7 heteroatoms. The van der Waals surface area contributed by atoms with E-state index in [1.165, 1.54) is 26.0 Å². The average molecular weight is 349 g/mol. The molecule has 0 bridgehead atoms. The molecule has 0 saturated carbocycles. The van der Waals surface area contributed by atoms with Gasteiger partial charge in [0.05, 0.1) is 25.8 Å². The fourth-order valence-electron chi connectivity index (χ4n) is 2.99. The van der Waals surface area contributed by atoms with Crippen LogP contribution in [0, 0.1) is 0 Å². The Kier molecular flexibility index (Phi) is 6.03. The quantitative estimate of drug-likeness (QED) is 0.723. The fraction of sp³-hybridized carbons (Fsp3) is 0.444. The number of aliphatic hydroxyl groups excluding tert-OH is 1. The van der Waals surface area contributed by atoms with Gasteiger partial charge in [0.1, 0.15) is 0 Å². The summed E-state index contributed by atoms with van der Waals surface area (Å²) in [5, 5.41) is 10.2. The van der Waals surface area contributed by atoms with Crippen LogP contribution in [0.15, 0.2) is 29.5 Å². The van der Waals surface area contributed by atoms with E-state index >= 15 is 0 Å². The second-order valence-electron chi connectivity index (χ2n) is 5.68. The molecule has 0 saturated heterocycles. The standard InChI is InChI=1S/C18H23NO6/c1-11(20)15-16(12-6-7-13(24-3)14(10-12)25-4)19(8-5-9-23-2)18(22)17(15)21/h6-7,10,16,21H,5,8-9H2,1-4H3/t16-/m0/s1. The highest BCUT2D eigenvalue weighted by molar-refractivity contribution is 6.08. The van der Waals surface area contributed by atoms with Gasteiger partial charge < -0.3 is 24.2 Å². The Morgan fingerprint density at radius 1 is 1.20 bits per heavy atom. The summed E-state index contributed by atoms with van der Waals surface area (Å²) >= 11 is 0. The van der Waals surface area contributed by atoms with Crippen LogP contribution >= 0.6 is 0 Å². The third-order valence-electron chi connectivity index (χ3n) is 4.15. The minimum absolute atomic E-state index is 0.0923. The molecular formula is C18H23NO6. The van der Waals surface area contributed by atoms with Crippen LogP contribution in [0.3, 0.4) is 0 Å². The van der Waals surface area contributed by atoms with Crippen LogP contribution in [0.25, 0.3) is 0 Å². The Labute approximate surface area is 146 Å². The first-order valence-corrected chi connectivity index (χ1v) is 7.92. The SMILES string of the molecule is COCCCN1C(=O)C(O)=C(C(C)=O)[C@@H]1c1ccc(OC)c(OC)c1. The van der Waals surface area contributed by atoms with E-state index in [2.05, 4.69) is 0 Å². The molecule has 1 heterocycles. The van der Waals surface area contributed by atoms with Crippen LogP contribution in [0.5, 0.6) is 11.5 Å². The molecule has 0 aromatic heterocycles. The lowest BCUT2D eigenvalue weighted by atomic mass is 9.96. The first-order chi connectivity index (χ1) is 12.0. The molecule has 0 unspecified atom stereocenters. The zero-order valence-electron chi connectivity index (χ0n) is 14.9. The second kappa shape index (κ2) is 8.02. The van der Waals surface area contributed by atoms with E-state index in [1.807, 2.05) is 0 Å². The van der Waals surface area contributed by atoms with Gasteiger partial charge in [0.15, 0.2) is 23.0 Å². The summed E-state index contributed by atoms with van der Waals surface area (Å²) in [7, 11) is 4.62. The Bertz CT molecular complexity index is 697. The monoisotopic (exact) mass is 349 g/mol. The topological polar surface area (TPSA) is 85.3 Å².